The van der Waals surface area contributed by atoms with Crippen LogP contribution in [0, 0.1) is 0 Å². The summed E-state index contributed by atoms with van der Waals surface area (Å²) < 4.78 is 4.41. The largest absolute Gasteiger partial charge is 0.469 e. The zero-order chi connectivity index (χ0) is 23.2. The van der Waals surface area contributed by atoms with Crippen molar-refractivity contribution in [1.29, 1.82) is 0 Å². The van der Waals surface area contributed by atoms with E-state index >= 15 is 0 Å². The van der Waals surface area contributed by atoms with Crippen LogP contribution in [0.5, 0.6) is 0 Å². The highest BCUT2D eigenvalue weighted by Crippen LogP contribution is 2.05. The average Bonchev–Trinajstić information content (AvgIpc) is 3.06. The minimum Gasteiger partial charge on any atom is -0.469 e. The van der Waals surface area contributed by atoms with Gasteiger partial charge >= 0.3 is 5.97 Å². The molecule has 0 saturated carbocycles. The van der Waals surface area contributed by atoms with E-state index < -0.39 is 48.0 Å². The topological polar surface area (TPSA) is 180 Å². The van der Waals surface area contributed by atoms with Gasteiger partial charge in [0.1, 0.15) is 0 Å². The van der Waals surface area contributed by atoms with Crippen molar-refractivity contribution in [1.82, 2.24) is 26.2 Å². The Labute approximate surface area is 177 Å². The molecule has 1 aliphatic rings. The number of nitrogens with one attached hydrogen (secondary N) is 4. The van der Waals surface area contributed by atoms with Crippen LogP contribution in [-0.4, -0.2) is 86.1 Å². The number of hydrogen-bond donors (Lipinski definition) is 4. The molecule has 0 saturated heterocycles. The maximum Gasteiger partial charge on any atom is 0.307 e. The number of imide groups is 1. The molecule has 0 aliphatic carbocycles. The molecule has 0 aromatic heterocycles. The van der Waals surface area contributed by atoms with Crippen LogP contribution in [-0.2, 0) is 38.3 Å². The van der Waals surface area contributed by atoms with Crippen LogP contribution in [0.2, 0.25) is 0 Å². The Hall–Kier alpha value is -3.77. The maximum absolute atomic E-state index is 11.7. The molecule has 31 heavy (non-hydrogen) atoms. The number of carbonyl (C=O) groups excluding carboxylic acids is 7. The highest BCUT2D eigenvalue weighted by Gasteiger charge is 2.22. The summed E-state index contributed by atoms with van der Waals surface area (Å²) in [5.74, 6) is -3.52. The number of rotatable bonds is 13. The quantitative estimate of drug-likeness (QED) is 0.170. The first-order chi connectivity index (χ1) is 14.7. The zero-order valence-corrected chi connectivity index (χ0v) is 17.0. The summed E-state index contributed by atoms with van der Waals surface area (Å²) in [6.45, 7) is -0.913. The molecule has 0 aromatic carbocycles. The van der Waals surface area contributed by atoms with Gasteiger partial charge in [-0.2, -0.15) is 0 Å². The summed E-state index contributed by atoms with van der Waals surface area (Å²) in [4.78, 5) is 81.1. The Morgan fingerprint density at radius 3 is 1.77 bits per heavy atom. The number of methoxy groups -OCH3 is 1. The van der Waals surface area contributed by atoms with Gasteiger partial charge in [-0.25, -0.2) is 0 Å². The Balaban J connectivity index is 2.08. The second-order valence-corrected chi connectivity index (χ2v) is 6.27. The smallest absolute Gasteiger partial charge is 0.307 e. The third-order valence-corrected chi connectivity index (χ3v) is 3.90. The summed E-state index contributed by atoms with van der Waals surface area (Å²) in [6, 6.07) is 0. The lowest BCUT2D eigenvalue weighted by Crippen LogP contribution is -2.44. The Morgan fingerprint density at radius 1 is 0.774 bits per heavy atom. The molecule has 1 aliphatic heterocycles. The van der Waals surface area contributed by atoms with E-state index in [9.17, 15) is 33.6 Å². The van der Waals surface area contributed by atoms with Crippen molar-refractivity contribution >= 4 is 41.4 Å². The van der Waals surface area contributed by atoms with Gasteiger partial charge in [0.15, 0.2) is 0 Å². The number of esters is 1. The molecule has 0 radical (unpaired) electrons. The first kappa shape index (κ1) is 25.3. The minimum atomic E-state index is -0.614. The molecule has 0 atom stereocenters. The third kappa shape index (κ3) is 10.5. The second-order valence-electron chi connectivity index (χ2n) is 6.27. The molecular formula is C18H25N5O8. The Morgan fingerprint density at radius 2 is 1.26 bits per heavy atom. The van der Waals surface area contributed by atoms with E-state index in [4.69, 9.17) is 0 Å². The molecule has 6 amide bonds. The lowest BCUT2D eigenvalue weighted by atomic mass is 10.2. The average molecular weight is 439 g/mol. The lowest BCUT2D eigenvalue weighted by Gasteiger charge is -2.13. The highest BCUT2D eigenvalue weighted by atomic mass is 16.5. The van der Waals surface area contributed by atoms with Gasteiger partial charge in [-0.15, -0.1) is 0 Å². The van der Waals surface area contributed by atoms with Crippen LogP contribution in [0.3, 0.4) is 0 Å². The van der Waals surface area contributed by atoms with E-state index in [1.54, 1.807) is 0 Å². The number of nitrogens with zero attached hydrogens (tertiary/aromatic N) is 1. The first-order valence-corrected chi connectivity index (χ1v) is 9.40. The van der Waals surface area contributed by atoms with E-state index in [1.807, 2.05) is 0 Å². The van der Waals surface area contributed by atoms with Crippen molar-refractivity contribution in [2.75, 3.05) is 39.8 Å². The van der Waals surface area contributed by atoms with E-state index in [-0.39, 0.29) is 45.4 Å². The summed E-state index contributed by atoms with van der Waals surface area (Å²) in [5.41, 5.74) is 0. The van der Waals surface area contributed by atoms with Gasteiger partial charge < -0.3 is 26.0 Å². The summed E-state index contributed by atoms with van der Waals surface area (Å²) in [6.07, 6.45) is 2.57. The normalized spacial score (nSPS) is 12.4. The van der Waals surface area contributed by atoms with Crippen molar-refractivity contribution < 1.29 is 38.3 Å². The standard InChI is InChI=1S/C18H25N5O8/c1-31-18(30)6-7-19-13(25)9-21-15(27)11-22-14(26)10-20-12(24)3-2-8-23-16(28)4-5-17(23)29/h4-5H,2-3,6-11H2,1H3,(H,19,25)(H,20,24)(H,21,27)(H,22,26). The van der Waals surface area contributed by atoms with Gasteiger partial charge in [0.2, 0.25) is 23.6 Å². The van der Waals surface area contributed by atoms with Crippen LogP contribution >= 0.6 is 0 Å². The number of carbonyl (C=O) groups is 7. The molecular weight excluding hydrogens is 414 g/mol. The molecule has 0 unspecified atom stereocenters. The van der Waals surface area contributed by atoms with Crippen LogP contribution in [0.1, 0.15) is 19.3 Å². The van der Waals surface area contributed by atoms with E-state index in [2.05, 4.69) is 26.0 Å². The van der Waals surface area contributed by atoms with Gasteiger partial charge in [0.25, 0.3) is 11.8 Å². The van der Waals surface area contributed by atoms with Crippen molar-refractivity contribution in [3.8, 4) is 0 Å². The van der Waals surface area contributed by atoms with Crippen molar-refractivity contribution in [3.05, 3.63) is 12.2 Å². The molecule has 4 N–H and O–H groups in total. The van der Waals surface area contributed by atoms with E-state index in [0.717, 1.165) is 17.1 Å². The predicted molar refractivity (Wildman–Crippen MR) is 104 cm³/mol. The molecule has 1 heterocycles. The second kappa shape index (κ2) is 13.5. The number of amides is 6. The molecule has 13 heteroatoms. The van der Waals surface area contributed by atoms with Crippen LogP contribution in [0.4, 0.5) is 0 Å². The number of ether oxygens (including phenoxy) is 1. The minimum absolute atomic E-state index is 0.00365. The predicted octanol–water partition coefficient (Wildman–Crippen LogP) is -3.28. The summed E-state index contributed by atoms with van der Waals surface area (Å²) >= 11 is 0. The highest BCUT2D eigenvalue weighted by molar-refractivity contribution is 6.12. The SMILES string of the molecule is COC(=O)CCNC(=O)CNC(=O)CNC(=O)CNC(=O)CCCN1C(=O)C=CC1=O. The molecule has 0 fully saturated rings. The first-order valence-electron chi connectivity index (χ1n) is 9.40. The van der Waals surface area contributed by atoms with Gasteiger partial charge in [0.05, 0.1) is 33.2 Å². The van der Waals surface area contributed by atoms with Crippen molar-refractivity contribution in [2.45, 2.75) is 19.3 Å². The molecule has 0 bridgehead atoms. The van der Waals surface area contributed by atoms with E-state index in [0.29, 0.717) is 0 Å². The molecule has 0 aromatic rings. The number of hydrogen-bond acceptors (Lipinski definition) is 8. The van der Waals surface area contributed by atoms with Crippen LogP contribution in [0.15, 0.2) is 12.2 Å². The summed E-state index contributed by atoms with van der Waals surface area (Å²) in [7, 11) is 1.23. The van der Waals surface area contributed by atoms with Gasteiger partial charge in [-0.3, -0.25) is 38.5 Å². The third-order valence-electron chi connectivity index (χ3n) is 3.90. The molecule has 0 spiro atoms. The van der Waals surface area contributed by atoms with E-state index in [1.165, 1.54) is 7.11 Å². The van der Waals surface area contributed by atoms with Gasteiger partial charge in [-0.05, 0) is 6.42 Å². The molecule has 1 rings (SSSR count). The van der Waals surface area contributed by atoms with Gasteiger partial charge in [0, 0.05) is 31.7 Å². The molecule has 170 valence electrons. The monoisotopic (exact) mass is 439 g/mol. The Kier molecular flexibility index (Phi) is 11.0. The van der Waals surface area contributed by atoms with Crippen molar-refractivity contribution in [3.63, 3.8) is 0 Å². The fourth-order valence-electron chi connectivity index (χ4n) is 2.27. The maximum atomic E-state index is 11.7. The zero-order valence-electron chi connectivity index (χ0n) is 17.0. The molecule has 13 nitrogen and oxygen atoms in total. The van der Waals surface area contributed by atoms with Crippen LogP contribution < -0.4 is 21.3 Å². The van der Waals surface area contributed by atoms with Gasteiger partial charge in [-0.1, -0.05) is 0 Å². The fourth-order valence-corrected chi connectivity index (χ4v) is 2.27. The summed E-state index contributed by atoms with van der Waals surface area (Å²) in [5, 5.41) is 9.32. The lowest BCUT2D eigenvalue weighted by molar-refractivity contribution is -0.141. The fraction of sp³-hybridized carbons (Fsp3) is 0.500. The van der Waals surface area contributed by atoms with Crippen molar-refractivity contribution in [2.24, 2.45) is 0 Å². The van der Waals surface area contributed by atoms with Crippen LogP contribution in [0.25, 0.3) is 0 Å². The Bertz CT molecular complexity index is 746.